The predicted octanol–water partition coefficient (Wildman–Crippen LogP) is 0.606. The number of nitrogens with zero attached hydrogens (tertiary/aromatic N) is 1. The zero-order valence-corrected chi connectivity index (χ0v) is 8.86. The van der Waals surface area contributed by atoms with Gasteiger partial charge in [0, 0.05) is 6.04 Å². The van der Waals surface area contributed by atoms with Crippen LogP contribution in [0.25, 0.3) is 0 Å². The molecule has 1 aromatic rings. The largest absolute Gasteiger partial charge is 0.472 e. The van der Waals surface area contributed by atoms with Crippen LogP contribution in [0.1, 0.15) is 12.0 Å². The molecule has 0 aromatic carbocycles. The SMILES string of the molecule is CN(C)CCC(Cc1ccoc1)NN. The van der Waals surface area contributed by atoms with Gasteiger partial charge in [-0.1, -0.05) is 0 Å². The minimum atomic E-state index is 0.315. The first-order valence-corrected chi connectivity index (χ1v) is 4.84. The molecule has 0 bridgehead atoms. The summed E-state index contributed by atoms with van der Waals surface area (Å²) in [4.78, 5) is 2.15. The molecule has 3 N–H and O–H groups in total. The van der Waals surface area contributed by atoms with E-state index in [0.717, 1.165) is 19.4 Å². The van der Waals surface area contributed by atoms with Crippen molar-refractivity contribution >= 4 is 0 Å². The Hall–Kier alpha value is -0.840. The van der Waals surface area contributed by atoms with E-state index < -0.39 is 0 Å². The van der Waals surface area contributed by atoms with Gasteiger partial charge in [-0.3, -0.25) is 11.3 Å². The zero-order valence-electron chi connectivity index (χ0n) is 8.86. The van der Waals surface area contributed by atoms with Gasteiger partial charge in [-0.2, -0.15) is 0 Å². The number of furan rings is 1. The first-order valence-electron chi connectivity index (χ1n) is 4.84. The van der Waals surface area contributed by atoms with Crippen molar-refractivity contribution in [1.82, 2.24) is 10.3 Å². The monoisotopic (exact) mass is 197 g/mol. The van der Waals surface area contributed by atoms with Crippen LogP contribution in [-0.4, -0.2) is 31.6 Å². The Kier molecular flexibility index (Phi) is 4.65. The van der Waals surface area contributed by atoms with Crippen molar-refractivity contribution in [2.24, 2.45) is 5.84 Å². The average Bonchev–Trinajstić information content (AvgIpc) is 2.64. The fourth-order valence-electron chi connectivity index (χ4n) is 1.35. The van der Waals surface area contributed by atoms with Gasteiger partial charge in [0.1, 0.15) is 0 Å². The Balaban J connectivity index is 2.32. The summed E-state index contributed by atoms with van der Waals surface area (Å²) in [5.41, 5.74) is 4.01. The number of nitrogens with two attached hydrogens (primary N) is 1. The fraction of sp³-hybridized carbons (Fsp3) is 0.600. The third-order valence-corrected chi connectivity index (χ3v) is 2.22. The highest BCUT2D eigenvalue weighted by Crippen LogP contribution is 2.06. The van der Waals surface area contributed by atoms with Crippen LogP contribution in [0, 0.1) is 0 Å². The summed E-state index contributed by atoms with van der Waals surface area (Å²) in [5, 5.41) is 0. The summed E-state index contributed by atoms with van der Waals surface area (Å²) >= 11 is 0. The second-order valence-electron chi connectivity index (χ2n) is 3.79. The molecule has 1 atom stereocenters. The van der Waals surface area contributed by atoms with E-state index in [4.69, 9.17) is 10.3 Å². The minimum Gasteiger partial charge on any atom is -0.472 e. The third kappa shape index (κ3) is 3.91. The van der Waals surface area contributed by atoms with Gasteiger partial charge in [0.05, 0.1) is 12.5 Å². The van der Waals surface area contributed by atoms with Gasteiger partial charge < -0.3 is 9.32 Å². The van der Waals surface area contributed by atoms with Crippen molar-refractivity contribution in [2.75, 3.05) is 20.6 Å². The summed E-state index contributed by atoms with van der Waals surface area (Å²) < 4.78 is 5.01. The van der Waals surface area contributed by atoms with Crippen molar-refractivity contribution in [3.05, 3.63) is 24.2 Å². The molecular weight excluding hydrogens is 178 g/mol. The highest BCUT2D eigenvalue weighted by Gasteiger charge is 2.08. The highest BCUT2D eigenvalue weighted by molar-refractivity contribution is 5.07. The number of hydrogen-bond acceptors (Lipinski definition) is 4. The maximum Gasteiger partial charge on any atom is 0.0935 e. The smallest absolute Gasteiger partial charge is 0.0935 e. The molecule has 4 heteroatoms. The lowest BCUT2D eigenvalue weighted by atomic mass is 10.1. The topological polar surface area (TPSA) is 54.4 Å². The quantitative estimate of drug-likeness (QED) is 0.518. The molecule has 0 aliphatic rings. The molecule has 0 saturated carbocycles. The number of rotatable bonds is 6. The summed E-state index contributed by atoms with van der Waals surface area (Å²) in [5.74, 6) is 5.48. The lowest BCUT2D eigenvalue weighted by Crippen LogP contribution is -2.38. The van der Waals surface area contributed by atoms with Crippen LogP contribution in [0.3, 0.4) is 0 Å². The maximum absolute atomic E-state index is 5.48. The first-order chi connectivity index (χ1) is 6.72. The lowest BCUT2D eigenvalue weighted by Gasteiger charge is -2.17. The van der Waals surface area contributed by atoms with Crippen molar-refractivity contribution in [3.8, 4) is 0 Å². The number of hydrogen-bond donors (Lipinski definition) is 2. The Morgan fingerprint density at radius 2 is 2.36 bits per heavy atom. The van der Waals surface area contributed by atoms with E-state index in [2.05, 4.69) is 24.4 Å². The van der Waals surface area contributed by atoms with Crippen LogP contribution in [0.5, 0.6) is 0 Å². The van der Waals surface area contributed by atoms with E-state index in [-0.39, 0.29) is 0 Å². The van der Waals surface area contributed by atoms with E-state index in [1.165, 1.54) is 5.56 Å². The molecule has 0 spiro atoms. The van der Waals surface area contributed by atoms with Gasteiger partial charge >= 0.3 is 0 Å². The molecule has 1 rings (SSSR count). The molecule has 14 heavy (non-hydrogen) atoms. The van der Waals surface area contributed by atoms with E-state index in [1.54, 1.807) is 12.5 Å². The summed E-state index contributed by atoms with van der Waals surface area (Å²) in [6, 6.07) is 2.29. The van der Waals surface area contributed by atoms with Crippen LogP contribution in [0.4, 0.5) is 0 Å². The molecular formula is C10H19N3O. The van der Waals surface area contributed by atoms with Gasteiger partial charge in [-0.05, 0) is 45.1 Å². The number of nitrogens with one attached hydrogen (secondary N) is 1. The van der Waals surface area contributed by atoms with E-state index in [9.17, 15) is 0 Å². The van der Waals surface area contributed by atoms with E-state index in [0.29, 0.717) is 6.04 Å². The summed E-state index contributed by atoms with van der Waals surface area (Å²) in [7, 11) is 4.12. The average molecular weight is 197 g/mol. The third-order valence-electron chi connectivity index (χ3n) is 2.22. The molecule has 0 radical (unpaired) electrons. The van der Waals surface area contributed by atoms with Crippen LogP contribution in [-0.2, 0) is 6.42 Å². The summed E-state index contributed by atoms with van der Waals surface area (Å²) in [6.07, 6.45) is 5.41. The Labute approximate surface area is 85.0 Å². The van der Waals surface area contributed by atoms with Gasteiger partial charge in [-0.15, -0.1) is 0 Å². The van der Waals surface area contributed by atoms with Crippen molar-refractivity contribution < 1.29 is 4.42 Å². The molecule has 0 amide bonds. The van der Waals surface area contributed by atoms with Crippen molar-refractivity contribution in [2.45, 2.75) is 18.9 Å². The summed E-state index contributed by atoms with van der Waals surface area (Å²) in [6.45, 7) is 1.03. The van der Waals surface area contributed by atoms with Crippen LogP contribution in [0.2, 0.25) is 0 Å². The molecule has 1 unspecified atom stereocenters. The minimum absolute atomic E-state index is 0.315. The molecule has 80 valence electrons. The van der Waals surface area contributed by atoms with Crippen LogP contribution in [0.15, 0.2) is 23.0 Å². The van der Waals surface area contributed by atoms with Crippen LogP contribution < -0.4 is 11.3 Å². The van der Waals surface area contributed by atoms with E-state index in [1.807, 2.05) is 6.07 Å². The Morgan fingerprint density at radius 3 is 2.86 bits per heavy atom. The Morgan fingerprint density at radius 1 is 1.57 bits per heavy atom. The van der Waals surface area contributed by atoms with Gasteiger partial charge in [0.15, 0.2) is 0 Å². The van der Waals surface area contributed by atoms with Crippen molar-refractivity contribution in [3.63, 3.8) is 0 Å². The zero-order chi connectivity index (χ0) is 10.4. The second-order valence-corrected chi connectivity index (χ2v) is 3.79. The van der Waals surface area contributed by atoms with Gasteiger partial charge in [0.2, 0.25) is 0 Å². The molecule has 0 fully saturated rings. The van der Waals surface area contributed by atoms with Crippen molar-refractivity contribution in [1.29, 1.82) is 0 Å². The van der Waals surface area contributed by atoms with Gasteiger partial charge in [-0.25, -0.2) is 0 Å². The van der Waals surface area contributed by atoms with E-state index >= 15 is 0 Å². The molecule has 4 nitrogen and oxygen atoms in total. The molecule has 0 aliphatic heterocycles. The maximum atomic E-state index is 5.48. The molecule has 0 saturated heterocycles. The first kappa shape index (κ1) is 11.2. The normalized spacial score (nSPS) is 13.4. The fourth-order valence-corrected chi connectivity index (χ4v) is 1.35. The predicted molar refractivity (Wildman–Crippen MR) is 56.7 cm³/mol. The molecule has 1 aromatic heterocycles. The van der Waals surface area contributed by atoms with Gasteiger partial charge in [0.25, 0.3) is 0 Å². The highest BCUT2D eigenvalue weighted by atomic mass is 16.3. The molecule has 1 heterocycles. The number of hydrazine groups is 1. The lowest BCUT2D eigenvalue weighted by molar-refractivity contribution is 0.358. The second kappa shape index (κ2) is 5.80. The molecule has 0 aliphatic carbocycles. The standard InChI is InChI=1S/C10H19N3O/c1-13(2)5-3-10(12-11)7-9-4-6-14-8-9/h4,6,8,10,12H,3,5,7,11H2,1-2H3. The Bertz CT molecular complexity index is 234. The van der Waals surface area contributed by atoms with Crippen LogP contribution >= 0.6 is 0 Å².